The second-order valence-corrected chi connectivity index (χ2v) is 8.28. The Hall–Kier alpha value is -2.38. The molecular weight excluding hydrogens is 429 g/mol. The topological polar surface area (TPSA) is 12.0 Å². The average Bonchev–Trinajstić information content (AvgIpc) is 2.75. The van der Waals surface area contributed by atoms with E-state index in [0.717, 1.165) is 11.1 Å². The molecule has 7 heteroatoms. The summed E-state index contributed by atoms with van der Waals surface area (Å²) in [7, 11) is 0. The van der Waals surface area contributed by atoms with Crippen molar-refractivity contribution < 1.29 is 22.0 Å². The molecule has 1 unspecified atom stereocenters. The van der Waals surface area contributed by atoms with Crippen LogP contribution < -0.4 is 5.32 Å². The molecule has 31 heavy (non-hydrogen) atoms. The van der Waals surface area contributed by atoms with Crippen LogP contribution in [0.5, 0.6) is 0 Å². The summed E-state index contributed by atoms with van der Waals surface area (Å²) in [6, 6.07) is 19.9. The van der Waals surface area contributed by atoms with E-state index in [2.05, 4.69) is 5.32 Å². The van der Waals surface area contributed by atoms with Crippen LogP contribution in [0.25, 0.3) is 0 Å². The molecule has 1 N–H and O–H groups in total. The summed E-state index contributed by atoms with van der Waals surface area (Å²) in [5, 5.41) is 2.72. The molecule has 3 aromatic carbocycles. The van der Waals surface area contributed by atoms with Gasteiger partial charge in [0, 0.05) is 18.8 Å². The van der Waals surface area contributed by atoms with Crippen LogP contribution in [0.4, 0.5) is 22.0 Å². The van der Waals surface area contributed by atoms with Gasteiger partial charge in [-0.05, 0) is 41.0 Å². The first kappa shape index (κ1) is 23.3. The molecule has 0 amide bonds. The highest BCUT2D eigenvalue weighted by Crippen LogP contribution is 2.36. The smallest absolute Gasteiger partial charge is 0.315 e. The quantitative estimate of drug-likeness (QED) is 0.286. The fourth-order valence-corrected chi connectivity index (χ4v) is 4.46. The Labute approximate surface area is 182 Å². The van der Waals surface area contributed by atoms with Crippen molar-refractivity contribution in [1.82, 2.24) is 5.32 Å². The van der Waals surface area contributed by atoms with Gasteiger partial charge < -0.3 is 5.32 Å². The molecule has 0 aliphatic heterocycles. The van der Waals surface area contributed by atoms with Gasteiger partial charge in [0.05, 0.1) is 11.2 Å². The molecule has 0 heterocycles. The zero-order chi connectivity index (χ0) is 22.3. The first-order valence-electron chi connectivity index (χ1n) is 9.79. The number of nitrogens with one attached hydrogen (secondary N) is 1. The van der Waals surface area contributed by atoms with E-state index in [9.17, 15) is 22.0 Å². The summed E-state index contributed by atoms with van der Waals surface area (Å²) >= 11 is 1.51. The van der Waals surface area contributed by atoms with Gasteiger partial charge in [-0.1, -0.05) is 54.6 Å². The summed E-state index contributed by atoms with van der Waals surface area (Å²) in [6.45, 7) is 0.148. The van der Waals surface area contributed by atoms with E-state index >= 15 is 0 Å². The van der Waals surface area contributed by atoms with Crippen molar-refractivity contribution in [2.75, 3.05) is 18.8 Å². The number of hydrogen-bond acceptors (Lipinski definition) is 2. The normalized spacial score (nSPS) is 12.8. The predicted molar refractivity (Wildman–Crippen MR) is 115 cm³/mol. The Morgan fingerprint density at radius 3 is 1.71 bits per heavy atom. The van der Waals surface area contributed by atoms with Crippen molar-refractivity contribution in [3.05, 3.63) is 107 Å². The maximum Gasteiger partial charge on any atom is 0.396 e. The molecule has 0 aliphatic rings. The van der Waals surface area contributed by atoms with Gasteiger partial charge in [-0.25, -0.2) is 8.78 Å². The third-order valence-electron chi connectivity index (χ3n) is 4.85. The monoisotopic (exact) mass is 451 g/mol. The molecule has 0 saturated carbocycles. The highest BCUT2D eigenvalue weighted by Gasteiger charge is 2.40. The number of halogens is 5. The van der Waals surface area contributed by atoms with Crippen molar-refractivity contribution in [2.24, 2.45) is 0 Å². The summed E-state index contributed by atoms with van der Waals surface area (Å²) in [4.78, 5) is 0. The van der Waals surface area contributed by atoms with Gasteiger partial charge in [0.15, 0.2) is 0 Å². The van der Waals surface area contributed by atoms with Crippen LogP contribution in [0.1, 0.15) is 27.9 Å². The largest absolute Gasteiger partial charge is 0.396 e. The minimum atomic E-state index is -4.34. The van der Waals surface area contributed by atoms with E-state index in [0.29, 0.717) is 12.3 Å². The standard InChI is InChI=1S/C24H22F5NS/c25-20-10-6-18(7-11-20)23(19-8-12-21(26)13-9-19)31-15-14-30-16-22(24(27,28)29)17-4-2-1-3-5-17/h1-13,22-23,30H,14-16H2. The minimum Gasteiger partial charge on any atom is -0.315 e. The molecule has 0 spiro atoms. The number of hydrogen-bond donors (Lipinski definition) is 1. The van der Waals surface area contributed by atoms with E-state index < -0.39 is 12.1 Å². The van der Waals surface area contributed by atoms with Crippen molar-refractivity contribution in [1.29, 1.82) is 0 Å². The molecule has 164 valence electrons. The number of rotatable bonds is 9. The van der Waals surface area contributed by atoms with Crippen molar-refractivity contribution in [3.8, 4) is 0 Å². The first-order valence-corrected chi connectivity index (χ1v) is 10.8. The number of benzene rings is 3. The Morgan fingerprint density at radius 2 is 1.23 bits per heavy atom. The van der Waals surface area contributed by atoms with Gasteiger partial charge >= 0.3 is 6.18 Å². The average molecular weight is 452 g/mol. The van der Waals surface area contributed by atoms with Crippen molar-refractivity contribution >= 4 is 11.8 Å². The lowest BCUT2D eigenvalue weighted by molar-refractivity contribution is -0.149. The lowest BCUT2D eigenvalue weighted by Crippen LogP contribution is -2.32. The SMILES string of the molecule is Fc1ccc(C(SCCNCC(c2ccccc2)C(F)(F)F)c2ccc(F)cc2)cc1. The minimum absolute atomic E-state index is 0.185. The molecule has 0 saturated heterocycles. The fraction of sp³-hybridized carbons (Fsp3) is 0.250. The third kappa shape index (κ3) is 6.80. The molecular formula is C24H22F5NS. The second-order valence-electron chi connectivity index (χ2n) is 7.06. The second kappa shape index (κ2) is 10.8. The van der Waals surface area contributed by atoms with E-state index in [1.165, 1.54) is 48.2 Å². The van der Waals surface area contributed by atoms with Gasteiger partial charge in [0.2, 0.25) is 0 Å². The van der Waals surface area contributed by atoms with Crippen LogP contribution >= 0.6 is 11.8 Å². The lowest BCUT2D eigenvalue weighted by Gasteiger charge is -2.22. The summed E-state index contributed by atoms with van der Waals surface area (Å²) < 4.78 is 67.0. The van der Waals surface area contributed by atoms with Crippen LogP contribution in [0.15, 0.2) is 78.9 Å². The van der Waals surface area contributed by atoms with Gasteiger partial charge in [-0.3, -0.25) is 0 Å². The Bertz CT molecular complexity index is 881. The van der Waals surface area contributed by atoms with E-state index in [-0.39, 0.29) is 29.0 Å². The van der Waals surface area contributed by atoms with Gasteiger partial charge in [0.25, 0.3) is 0 Å². The Kier molecular flexibility index (Phi) is 8.09. The third-order valence-corrected chi connectivity index (χ3v) is 6.17. The molecule has 3 aromatic rings. The highest BCUT2D eigenvalue weighted by molar-refractivity contribution is 7.99. The lowest BCUT2D eigenvalue weighted by atomic mass is 9.98. The predicted octanol–water partition coefficient (Wildman–Crippen LogP) is 6.72. The summed E-state index contributed by atoms with van der Waals surface area (Å²) in [5.41, 5.74) is 1.91. The summed E-state index contributed by atoms with van der Waals surface area (Å²) in [6.07, 6.45) is -4.34. The molecule has 0 fully saturated rings. The van der Waals surface area contributed by atoms with Crippen LogP contribution in [0.3, 0.4) is 0 Å². The Morgan fingerprint density at radius 1 is 0.710 bits per heavy atom. The van der Waals surface area contributed by atoms with Crippen LogP contribution in [0, 0.1) is 11.6 Å². The number of alkyl halides is 3. The van der Waals surface area contributed by atoms with Crippen molar-refractivity contribution in [3.63, 3.8) is 0 Å². The van der Waals surface area contributed by atoms with Gasteiger partial charge in [-0.15, -0.1) is 11.8 Å². The number of thioether (sulfide) groups is 1. The van der Waals surface area contributed by atoms with E-state index in [1.54, 1.807) is 42.5 Å². The van der Waals surface area contributed by atoms with Crippen LogP contribution in [-0.2, 0) is 0 Å². The van der Waals surface area contributed by atoms with Crippen LogP contribution in [-0.4, -0.2) is 25.0 Å². The molecule has 1 nitrogen and oxygen atoms in total. The molecule has 3 rings (SSSR count). The maximum absolute atomic E-state index is 13.4. The van der Waals surface area contributed by atoms with E-state index in [1.807, 2.05) is 0 Å². The molecule has 0 radical (unpaired) electrons. The maximum atomic E-state index is 13.4. The molecule has 0 aliphatic carbocycles. The Balaban J connectivity index is 1.61. The van der Waals surface area contributed by atoms with Gasteiger partial charge in [0.1, 0.15) is 11.6 Å². The molecule has 0 bridgehead atoms. The van der Waals surface area contributed by atoms with E-state index in [4.69, 9.17) is 0 Å². The summed E-state index contributed by atoms with van der Waals surface area (Å²) in [5.74, 6) is -1.76. The fourth-order valence-electron chi connectivity index (χ4n) is 3.26. The highest BCUT2D eigenvalue weighted by atomic mass is 32.2. The zero-order valence-corrected chi connectivity index (χ0v) is 17.4. The zero-order valence-electron chi connectivity index (χ0n) is 16.6. The molecule has 0 aromatic heterocycles. The van der Waals surface area contributed by atoms with Gasteiger partial charge in [-0.2, -0.15) is 13.2 Å². The first-order chi connectivity index (χ1) is 14.8. The van der Waals surface area contributed by atoms with Crippen molar-refractivity contribution in [2.45, 2.75) is 17.3 Å². The molecule has 1 atom stereocenters. The van der Waals surface area contributed by atoms with Crippen LogP contribution in [0.2, 0.25) is 0 Å².